The van der Waals surface area contributed by atoms with Crippen molar-refractivity contribution in [2.24, 2.45) is 0 Å². The molecule has 0 saturated carbocycles. The van der Waals surface area contributed by atoms with Crippen LogP contribution in [0.3, 0.4) is 0 Å². The number of H-pyrrole nitrogens is 1. The molecule has 2 aromatic carbocycles. The van der Waals surface area contributed by atoms with Crippen LogP contribution in [0.5, 0.6) is 5.75 Å². The Balaban J connectivity index is 1.48. The molecule has 138 valence electrons. The molecule has 2 atom stereocenters. The Kier molecular flexibility index (Phi) is 4.27. The summed E-state index contributed by atoms with van der Waals surface area (Å²) in [4.78, 5) is 27.1. The van der Waals surface area contributed by atoms with Crippen molar-refractivity contribution in [3.63, 3.8) is 0 Å². The molecule has 6 nitrogen and oxygen atoms in total. The van der Waals surface area contributed by atoms with Crippen molar-refractivity contribution in [3.05, 3.63) is 65.6 Å². The summed E-state index contributed by atoms with van der Waals surface area (Å²) in [7, 11) is 0. The number of ether oxygens (including phenoxy) is 1. The van der Waals surface area contributed by atoms with Crippen LogP contribution in [0.4, 0.5) is 4.39 Å². The standard InChI is InChI=1S/C20H17FN2O4/c21-13-5-6-14-12(10-22-15(14)9-13)7-16(20(25)26)23-19(24)18-8-11-3-1-2-4-17(11)27-18/h1-6,9-10,16,18,22H,7-8H2,(H,23,24)(H,25,26)/t16-,18-/m1/s1. The first kappa shape index (κ1) is 17.1. The van der Waals surface area contributed by atoms with Crippen molar-refractivity contribution < 1.29 is 23.8 Å². The zero-order valence-electron chi connectivity index (χ0n) is 14.2. The second-order valence-electron chi connectivity index (χ2n) is 6.53. The Hall–Kier alpha value is -3.35. The molecule has 0 bridgehead atoms. The molecule has 0 radical (unpaired) electrons. The van der Waals surface area contributed by atoms with Crippen LogP contribution in [-0.2, 0) is 22.4 Å². The van der Waals surface area contributed by atoms with Gasteiger partial charge < -0.3 is 20.1 Å². The van der Waals surface area contributed by atoms with Gasteiger partial charge in [0.1, 0.15) is 17.6 Å². The number of carbonyl (C=O) groups is 2. The Morgan fingerprint density at radius 3 is 2.89 bits per heavy atom. The number of rotatable bonds is 5. The van der Waals surface area contributed by atoms with Crippen LogP contribution in [0.25, 0.3) is 10.9 Å². The quantitative estimate of drug-likeness (QED) is 0.645. The van der Waals surface area contributed by atoms with Crippen molar-refractivity contribution in [1.82, 2.24) is 10.3 Å². The van der Waals surface area contributed by atoms with Gasteiger partial charge in [-0.1, -0.05) is 18.2 Å². The van der Waals surface area contributed by atoms with E-state index in [1.807, 2.05) is 18.2 Å². The summed E-state index contributed by atoms with van der Waals surface area (Å²) in [6.07, 6.45) is 1.36. The third-order valence-electron chi connectivity index (χ3n) is 4.71. The smallest absolute Gasteiger partial charge is 0.326 e. The molecule has 0 spiro atoms. The van der Waals surface area contributed by atoms with Gasteiger partial charge in [0.05, 0.1) is 0 Å². The number of nitrogens with one attached hydrogen (secondary N) is 2. The van der Waals surface area contributed by atoms with Crippen molar-refractivity contribution in [3.8, 4) is 5.75 Å². The number of hydrogen-bond donors (Lipinski definition) is 3. The molecule has 7 heteroatoms. The molecule has 0 unspecified atom stereocenters. The van der Waals surface area contributed by atoms with Crippen LogP contribution >= 0.6 is 0 Å². The number of carboxylic acids is 1. The van der Waals surface area contributed by atoms with Gasteiger partial charge in [-0.15, -0.1) is 0 Å². The van der Waals surface area contributed by atoms with E-state index in [2.05, 4.69) is 10.3 Å². The maximum Gasteiger partial charge on any atom is 0.326 e. The number of fused-ring (bicyclic) bond motifs is 2. The molecule has 0 aliphatic carbocycles. The first-order chi connectivity index (χ1) is 13.0. The number of aliphatic carboxylic acids is 1. The normalized spacial score (nSPS) is 16.6. The summed E-state index contributed by atoms with van der Waals surface area (Å²) < 4.78 is 18.9. The van der Waals surface area contributed by atoms with Crippen molar-refractivity contribution in [2.45, 2.75) is 25.0 Å². The van der Waals surface area contributed by atoms with E-state index >= 15 is 0 Å². The number of halogens is 1. The number of benzene rings is 2. The Bertz CT molecular complexity index is 1000. The van der Waals surface area contributed by atoms with Gasteiger partial charge in [0.25, 0.3) is 5.91 Å². The maximum atomic E-state index is 13.3. The fourth-order valence-electron chi connectivity index (χ4n) is 3.34. The lowest BCUT2D eigenvalue weighted by molar-refractivity contribution is -0.142. The molecular formula is C20H17FN2O4. The summed E-state index contributed by atoms with van der Waals surface area (Å²) in [5.41, 5.74) is 2.19. The lowest BCUT2D eigenvalue weighted by Gasteiger charge is -2.17. The Labute approximate surface area is 154 Å². The molecular weight excluding hydrogens is 351 g/mol. The molecule has 2 heterocycles. The molecule has 0 saturated heterocycles. The molecule has 1 aliphatic heterocycles. The molecule has 3 aromatic rings. The van der Waals surface area contributed by atoms with Gasteiger partial charge in [0.2, 0.25) is 0 Å². The zero-order valence-corrected chi connectivity index (χ0v) is 14.2. The summed E-state index contributed by atoms with van der Waals surface area (Å²) in [5, 5.41) is 12.8. The summed E-state index contributed by atoms with van der Waals surface area (Å²) in [6, 6.07) is 10.5. The molecule has 1 aromatic heterocycles. The summed E-state index contributed by atoms with van der Waals surface area (Å²) in [6.45, 7) is 0. The van der Waals surface area contributed by atoms with E-state index in [0.717, 1.165) is 10.9 Å². The minimum atomic E-state index is -1.14. The number of para-hydroxylation sites is 1. The molecule has 4 rings (SSSR count). The van der Waals surface area contributed by atoms with Gasteiger partial charge in [-0.25, -0.2) is 9.18 Å². The third kappa shape index (κ3) is 3.36. The Morgan fingerprint density at radius 2 is 2.11 bits per heavy atom. The maximum absolute atomic E-state index is 13.3. The molecule has 3 N–H and O–H groups in total. The van der Waals surface area contributed by atoms with E-state index in [-0.39, 0.29) is 12.2 Å². The van der Waals surface area contributed by atoms with E-state index in [9.17, 15) is 19.1 Å². The summed E-state index contributed by atoms with van der Waals surface area (Å²) in [5.74, 6) is -1.35. The van der Waals surface area contributed by atoms with Crippen LogP contribution < -0.4 is 10.1 Å². The topological polar surface area (TPSA) is 91.4 Å². The number of hydrogen-bond acceptors (Lipinski definition) is 3. The predicted octanol–water partition coefficient (Wildman–Crippen LogP) is 2.42. The van der Waals surface area contributed by atoms with Crippen LogP contribution in [0.1, 0.15) is 11.1 Å². The van der Waals surface area contributed by atoms with Gasteiger partial charge >= 0.3 is 5.97 Å². The second-order valence-corrected chi connectivity index (χ2v) is 6.53. The third-order valence-corrected chi connectivity index (χ3v) is 4.71. The highest BCUT2D eigenvalue weighted by molar-refractivity contribution is 5.89. The number of carbonyl (C=O) groups excluding carboxylic acids is 1. The lowest BCUT2D eigenvalue weighted by Crippen LogP contribution is -2.47. The zero-order chi connectivity index (χ0) is 19.0. The average molecular weight is 368 g/mol. The fourth-order valence-corrected chi connectivity index (χ4v) is 3.34. The van der Waals surface area contributed by atoms with Crippen molar-refractivity contribution in [2.75, 3.05) is 0 Å². The first-order valence-corrected chi connectivity index (χ1v) is 8.54. The number of carboxylic acid groups (broad SMARTS) is 1. The first-order valence-electron chi connectivity index (χ1n) is 8.54. The van der Waals surface area contributed by atoms with Gasteiger partial charge in [0.15, 0.2) is 6.10 Å². The highest BCUT2D eigenvalue weighted by Gasteiger charge is 2.32. The van der Waals surface area contributed by atoms with Crippen LogP contribution in [0, 0.1) is 5.82 Å². The van der Waals surface area contributed by atoms with E-state index < -0.39 is 24.0 Å². The van der Waals surface area contributed by atoms with Crippen LogP contribution in [0.2, 0.25) is 0 Å². The number of amides is 1. The molecule has 1 amide bonds. The molecule has 0 fully saturated rings. The minimum absolute atomic E-state index is 0.0758. The minimum Gasteiger partial charge on any atom is -0.480 e. The Morgan fingerprint density at radius 1 is 1.30 bits per heavy atom. The van der Waals surface area contributed by atoms with Crippen LogP contribution in [0.15, 0.2) is 48.7 Å². The van der Waals surface area contributed by atoms with Crippen LogP contribution in [-0.4, -0.2) is 34.1 Å². The van der Waals surface area contributed by atoms with Crippen molar-refractivity contribution in [1.29, 1.82) is 0 Å². The van der Waals surface area contributed by atoms with E-state index in [1.165, 1.54) is 12.1 Å². The average Bonchev–Trinajstić information content (AvgIpc) is 3.24. The van der Waals surface area contributed by atoms with E-state index in [1.54, 1.807) is 18.3 Å². The highest BCUT2D eigenvalue weighted by atomic mass is 19.1. The lowest BCUT2D eigenvalue weighted by atomic mass is 10.0. The number of aromatic amines is 1. The predicted molar refractivity (Wildman–Crippen MR) is 96.1 cm³/mol. The molecule has 1 aliphatic rings. The monoisotopic (exact) mass is 368 g/mol. The van der Waals surface area contributed by atoms with E-state index in [4.69, 9.17) is 4.74 Å². The van der Waals surface area contributed by atoms with Gasteiger partial charge in [-0.2, -0.15) is 0 Å². The fraction of sp³-hybridized carbons (Fsp3) is 0.200. The SMILES string of the molecule is O=C(O)[C@@H](Cc1c[nH]c2cc(F)ccc12)NC(=O)[C@H]1Cc2ccccc2O1. The number of aromatic nitrogens is 1. The largest absolute Gasteiger partial charge is 0.480 e. The van der Waals surface area contributed by atoms with Crippen molar-refractivity contribution >= 4 is 22.8 Å². The summed E-state index contributed by atoms with van der Waals surface area (Å²) >= 11 is 0. The van der Waals surface area contributed by atoms with Gasteiger partial charge in [-0.05, 0) is 35.4 Å². The van der Waals surface area contributed by atoms with Gasteiger partial charge in [0, 0.05) is 29.9 Å². The highest BCUT2D eigenvalue weighted by Crippen LogP contribution is 2.28. The molecule has 27 heavy (non-hydrogen) atoms. The van der Waals surface area contributed by atoms with E-state index in [0.29, 0.717) is 23.3 Å². The van der Waals surface area contributed by atoms with Gasteiger partial charge in [-0.3, -0.25) is 4.79 Å². The second kappa shape index (κ2) is 6.75.